The van der Waals surface area contributed by atoms with E-state index in [9.17, 15) is 21.6 Å². The summed E-state index contributed by atoms with van der Waals surface area (Å²) < 4.78 is 62.2. The third kappa shape index (κ3) is 4.07. The second-order valence-corrected chi connectivity index (χ2v) is 8.03. The number of nitrogens with one attached hydrogen (secondary N) is 1. The minimum Gasteiger partial charge on any atom is -0.359 e. The van der Waals surface area contributed by atoms with Crippen LogP contribution in [0.3, 0.4) is 0 Å². The molecule has 1 saturated heterocycles. The highest BCUT2D eigenvalue weighted by molar-refractivity contribution is 7.89. The lowest BCUT2D eigenvalue weighted by molar-refractivity contribution is -0.134. The van der Waals surface area contributed by atoms with E-state index in [2.05, 4.69) is 10.3 Å². The van der Waals surface area contributed by atoms with Gasteiger partial charge in [0.05, 0.1) is 11.9 Å². The van der Waals surface area contributed by atoms with Gasteiger partial charge in [0, 0.05) is 19.1 Å². The van der Waals surface area contributed by atoms with Gasteiger partial charge in [-0.05, 0) is 19.8 Å². The Morgan fingerprint density at radius 2 is 2.05 bits per heavy atom. The molecule has 0 bridgehead atoms. The van der Waals surface area contributed by atoms with Crippen molar-refractivity contribution >= 4 is 26.5 Å². The van der Waals surface area contributed by atoms with Gasteiger partial charge in [0.2, 0.25) is 10.0 Å². The first-order valence-corrected chi connectivity index (χ1v) is 8.92. The van der Waals surface area contributed by atoms with Crippen LogP contribution in [0.4, 0.5) is 18.3 Å². The molecule has 1 aliphatic heterocycles. The van der Waals surface area contributed by atoms with Gasteiger partial charge in [0.25, 0.3) is 0 Å². The van der Waals surface area contributed by atoms with Gasteiger partial charge >= 0.3 is 6.18 Å². The summed E-state index contributed by atoms with van der Waals surface area (Å²) in [4.78, 5) is 2.98. The first-order chi connectivity index (χ1) is 9.72. The SMILES string of the molecule is CCS(=O)(=O)N1CCC(Nc2ncc(C(F)(F)F)s2)CC1. The lowest BCUT2D eigenvalue weighted by Gasteiger charge is -2.31. The fourth-order valence-corrected chi connectivity index (χ4v) is 4.00. The average molecular weight is 343 g/mol. The first-order valence-electron chi connectivity index (χ1n) is 6.49. The molecule has 0 spiro atoms. The van der Waals surface area contributed by atoms with E-state index in [1.165, 1.54) is 4.31 Å². The molecule has 1 aromatic rings. The highest BCUT2D eigenvalue weighted by Gasteiger charge is 2.34. The lowest BCUT2D eigenvalue weighted by Crippen LogP contribution is -2.42. The van der Waals surface area contributed by atoms with Gasteiger partial charge in [-0.1, -0.05) is 11.3 Å². The molecule has 5 nitrogen and oxygen atoms in total. The predicted octanol–water partition coefficient (Wildman–Crippen LogP) is 2.39. The molecule has 0 atom stereocenters. The summed E-state index contributed by atoms with van der Waals surface area (Å²) in [6, 6.07) is -0.0551. The van der Waals surface area contributed by atoms with Crippen LogP contribution in [0.2, 0.25) is 0 Å². The highest BCUT2D eigenvalue weighted by Crippen LogP contribution is 2.35. The number of halogens is 3. The van der Waals surface area contributed by atoms with Crippen LogP contribution >= 0.6 is 11.3 Å². The monoisotopic (exact) mass is 343 g/mol. The molecular weight excluding hydrogens is 327 g/mol. The maximum absolute atomic E-state index is 12.5. The number of thiazole rings is 1. The second-order valence-electron chi connectivity index (χ2n) is 4.75. The van der Waals surface area contributed by atoms with Crippen LogP contribution in [0, 0.1) is 0 Å². The van der Waals surface area contributed by atoms with E-state index in [4.69, 9.17) is 0 Å². The Morgan fingerprint density at radius 1 is 1.43 bits per heavy atom. The zero-order chi connectivity index (χ0) is 15.7. The van der Waals surface area contributed by atoms with Crippen molar-refractivity contribution in [3.05, 3.63) is 11.1 Å². The molecule has 10 heteroatoms. The van der Waals surface area contributed by atoms with Gasteiger partial charge in [-0.3, -0.25) is 0 Å². The third-order valence-electron chi connectivity index (χ3n) is 3.32. The molecule has 0 aromatic carbocycles. The molecule has 0 radical (unpaired) electrons. The van der Waals surface area contributed by atoms with Crippen LogP contribution in [-0.2, 0) is 16.2 Å². The molecule has 0 aliphatic carbocycles. The molecule has 0 amide bonds. The van der Waals surface area contributed by atoms with E-state index in [1.54, 1.807) is 6.92 Å². The van der Waals surface area contributed by atoms with Crippen LogP contribution in [0.25, 0.3) is 0 Å². The van der Waals surface area contributed by atoms with Gasteiger partial charge in [0.15, 0.2) is 5.13 Å². The summed E-state index contributed by atoms with van der Waals surface area (Å²) in [7, 11) is -3.19. The Kier molecular flexibility index (Phi) is 4.79. The van der Waals surface area contributed by atoms with E-state index in [1.807, 2.05) is 0 Å². The van der Waals surface area contributed by atoms with Crippen LogP contribution in [0.15, 0.2) is 6.20 Å². The minimum absolute atomic E-state index is 0.0551. The van der Waals surface area contributed by atoms with Crippen molar-refractivity contribution in [1.82, 2.24) is 9.29 Å². The molecule has 1 aliphatic rings. The Balaban J connectivity index is 1.91. The van der Waals surface area contributed by atoms with Crippen molar-refractivity contribution in [2.45, 2.75) is 32.0 Å². The molecule has 1 aromatic heterocycles. The van der Waals surface area contributed by atoms with Crippen molar-refractivity contribution in [2.75, 3.05) is 24.2 Å². The van der Waals surface area contributed by atoms with Crippen molar-refractivity contribution < 1.29 is 21.6 Å². The number of alkyl halides is 3. The van der Waals surface area contributed by atoms with Crippen molar-refractivity contribution in [1.29, 1.82) is 0 Å². The normalized spacial score (nSPS) is 18.9. The molecule has 0 unspecified atom stereocenters. The molecule has 21 heavy (non-hydrogen) atoms. The van der Waals surface area contributed by atoms with Crippen LogP contribution in [-0.4, -0.2) is 42.6 Å². The lowest BCUT2D eigenvalue weighted by atomic mass is 10.1. The number of hydrogen-bond acceptors (Lipinski definition) is 5. The standard InChI is InChI=1S/C11H16F3N3O2S2/c1-2-21(18,19)17-5-3-8(4-6-17)16-10-15-7-9(20-10)11(12,13)14/h7-8H,2-6H2,1H3,(H,15,16). The van der Waals surface area contributed by atoms with Gasteiger partial charge in [-0.2, -0.15) is 13.2 Å². The Morgan fingerprint density at radius 3 is 2.52 bits per heavy atom. The minimum atomic E-state index is -4.38. The van der Waals surface area contributed by atoms with E-state index in [0.29, 0.717) is 37.3 Å². The van der Waals surface area contributed by atoms with Crippen LogP contribution < -0.4 is 5.32 Å². The van der Waals surface area contributed by atoms with E-state index < -0.39 is 21.1 Å². The van der Waals surface area contributed by atoms with Gasteiger partial charge in [-0.25, -0.2) is 17.7 Å². The molecule has 2 rings (SSSR count). The number of sulfonamides is 1. The van der Waals surface area contributed by atoms with Crippen LogP contribution in [0.5, 0.6) is 0 Å². The van der Waals surface area contributed by atoms with Crippen molar-refractivity contribution in [3.63, 3.8) is 0 Å². The smallest absolute Gasteiger partial charge is 0.359 e. The number of hydrogen-bond donors (Lipinski definition) is 1. The summed E-state index contributed by atoms with van der Waals surface area (Å²) in [5.74, 6) is 0.0620. The number of piperidine rings is 1. The number of rotatable bonds is 4. The second kappa shape index (κ2) is 6.09. The quantitative estimate of drug-likeness (QED) is 0.912. The van der Waals surface area contributed by atoms with Gasteiger partial charge < -0.3 is 5.32 Å². The highest BCUT2D eigenvalue weighted by atomic mass is 32.2. The summed E-state index contributed by atoms with van der Waals surface area (Å²) in [6.45, 7) is 2.35. The van der Waals surface area contributed by atoms with E-state index >= 15 is 0 Å². The molecule has 2 heterocycles. The summed E-state index contributed by atoms with van der Waals surface area (Å²) in [5, 5.41) is 3.17. The maximum Gasteiger partial charge on any atom is 0.427 e. The number of anilines is 1. The topological polar surface area (TPSA) is 62.3 Å². The average Bonchev–Trinajstić information content (AvgIpc) is 2.88. The van der Waals surface area contributed by atoms with E-state index in [0.717, 1.165) is 6.20 Å². The van der Waals surface area contributed by atoms with Gasteiger partial charge in [0.1, 0.15) is 4.88 Å². The molecular formula is C11H16F3N3O2S2. The summed E-state index contributed by atoms with van der Waals surface area (Å²) >= 11 is 0.565. The summed E-state index contributed by atoms with van der Waals surface area (Å²) in [5.41, 5.74) is 0. The fraction of sp³-hybridized carbons (Fsp3) is 0.727. The zero-order valence-electron chi connectivity index (χ0n) is 11.4. The molecule has 1 N–H and O–H groups in total. The van der Waals surface area contributed by atoms with Crippen LogP contribution in [0.1, 0.15) is 24.6 Å². The van der Waals surface area contributed by atoms with E-state index in [-0.39, 0.29) is 16.9 Å². The van der Waals surface area contributed by atoms with Gasteiger partial charge in [-0.15, -0.1) is 0 Å². The Hall–Kier alpha value is -0.870. The predicted molar refractivity (Wildman–Crippen MR) is 74.8 cm³/mol. The largest absolute Gasteiger partial charge is 0.427 e. The third-order valence-corrected chi connectivity index (χ3v) is 6.18. The zero-order valence-corrected chi connectivity index (χ0v) is 13.0. The molecule has 0 saturated carbocycles. The number of aromatic nitrogens is 1. The first kappa shape index (κ1) is 16.5. The summed E-state index contributed by atoms with van der Waals surface area (Å²) in [6.07, 6.45) is -2.46. The fourth-order valence-electron chi connectivity index (χ4n) is 2.11. The Bertz CT molecular complexity index is 578. The van der Waals surface area contributed by atoms with Crippen molar-refractivity contribution in [3.8, 4) is 0 Å². The molecule has 1 fully saturated rings. The number of nitrogens with zero attached hydrogens (tertiary/aromatic N) is 2. The molecule has 120 valence electrons. The van der Waals surface area contributed by atoms with Crippen molar-refractivity contribution in [2.24, 2.45) is 0 Å². The maximum atomic E-state index is 12.5. The Labute approximate surface area is 125 Å².